The van der Waals surface area contributed by atoms with Crippen molar-refractivity contribution >= 4 is 29.5 Å². The number of Topliss-reactive ketones (excluding diaryl/α,β-unsaturated/α-hetero) is 1. The summed E-state index contributed by atoms with van der Waals surface area (Å²) in [5, 5.41) is 0. The zero-order valence-corrected chi connectivity index (χ0v) is 17.0. The molecule has 0 radical (unpaired) electrons. The van der Waals surface area contributed by atoms with E-state index in [1.165, 1.54) is 11.8 Å². The summed E-state index contributed by atoms with van der Waals surface area (Å²) in [5.41, 5.74) is 2.65. The summed E-state index contributed by atoms with van der Waals surface area (Å²) in [6, 6.07) is 6.21. The van der Waals surface area contributed by atoms with Gasteiger partial charge in [0.05, 0.1) is 13.7 Å². The predicted octanol–water partition coefficient (Wildman–Crippen LogP) is 1.46. The molecule has 0 bridgehead atoms. The van der Waals surface area contributed by atoms with Crippen molar-refractivity contribution in [3.8, 4) is 11.4 Å². The highest BCUT2D eigenvalue weighted by molar-refractivity contribution is 6.19. The number of carbonyl (C=O) groups excluding carboxylic acids is 3. The monoisotopic (exact) mass is 396 g/mol. The second-order valence-corrected chi connectivity index (χ2v) is 7.21. The van der Waals surface area contributed by atoms with E-state index in [0.29, 0.717) is 11.8 Å². The zero-order chi connectivity index (χ0) is 21.0. The third kappa shape index (κ3) is 2.65. The van der Waals surface area contributed by atoms with Crippen LogP contribution in [0.4, 0.5) is 10.7 Å². The summed E-state index contributed by atoms with van der Waals surface area (Å²) < 4.78 is 9.00. The normalized spacial score (nSPS) is 18.0. The maximum Gasteiger partial charge on any atom is 0.407 e. The number of likely N-dealkylation sites (N-methyl/N-ethyl adjacent to an activating group) is 1. The molecule has 150 valence electrons. The first-order chi connectivity index (χ1) is 13.8. The molecule has 2 aliphatic heterocycles. The van der Waals surface area contributed by atoms with Gasteiger partial charge in [0.25, 0.3) is 5.91 Å². The van der Waals surface area contributed by atoms with Crippen LogP contribution in [0, 0.1) is 13.8 Å². The Bertz CT molecular complexity index is 1080. The fraction of sp³-hybridized carbons (Fsp3) is 0.350. The molecule has 29 heavy (non-hydrogen) atoms. The van der Waals surface area contributed by atoms with Crippen LogP contribution >= 0.6 is 0 Å². The van der Waals surface area contributed by atoms with Crippen molar-refractivity contribution in [1.82, 2.24) is 14.4 Å². The summed E-state index contributed by atoms with van der Waals surface area (Å²) >= 11 is 0. The highest BCUT2D eigenvalue weighted by atomic mass is 16.5. The lowest BCUT2D eigenvalue weighted by Gasteiger charge is -2.32. The molecule has 1 fully saturated rings. The molecular formula is C20H22N5O4+. The van der Waals surface area contributed by atoms with Crippen LogP contribution in [-0.4, -0.2) is 58.6 Å². The number of amidine groups is 1. The summed E-state index contributed by atoms with van der Waals surface area (Å²) in [5.74, 6) is 0.955. The van der Waals surface area contributed by atoms with Crippen molar-refractivity contribution in [2.45, 2.75) is 26.8 Å². The van der Waals surface area contributed by atoms with Gasteiger partial charge < -0.3 is 4.74 Å². The van der Waals surface area contributed by atoms with Gasteiger partial charge in [-0.25, -0.2) is 9.36 Å². The number of carbonyl (C=O) groups is 3. The number of hydrogen-bond acceptors (Lipinski definition) is 5. The first-order valence-electron chi connectivity index (χ1n) is 9.21. The molecule has 3 amide bonds. The molecule has 3 heterocycles. The minimum atomic E-state index is -0.773. The van der Waals surface area contributed by atoms with Gasteiger partial charge in [0, 0.05) is 7.05 Å². The van der Waals surface area contributed by atoms with Crippen LogP contribution in [0.2, 0.25) is 0 Å². The first kappa shape index (κ1) is 18.9. The minimum absolute atomic E-state index is 0.251. The number of benzene rings is 1. The van der Waals surface area contributed by atoms with E-state index in [2.05, 4.69) is 4.99 Å². The van der Waals surface area contributed by atoms with Gasteiger partial charge in [-0.05, 0) is 45.0 Å². The second-order valence-electron chi connectivity index (χ2n) is 7.21. The van der Waals surface area contributed by atoms with E-state index >= 15 is 0 Å². The molecule has 2 aromatic rings. The molecule has 9 nitrogen and oxygen atoms in total. The van der Waals surface area contributed by atoms with E-state index in [1.807, 2.05) is 47.2 Å². The topological polar surface area (TPSA) is 88.1 Å². The lowest BCUT2D eigenvalue weighted by atomic mass is 10.1. The number of imide groups is 1. The SMILES string of the molecule is COc1ccc(-n2c(C)c(C)[n+]3c2N=C2C3C(=O)N(CC(C)=O)C(=O)N2C)cc1. The number of nitrogens with zero attached hydrogens (tertiary/aromatic N) is 5. The van der Waals surface area contributed by atoms with Gasteiger partial charge >= 0.3 is 12.0 Å². The fourth-order valence-corrected chi connectivity index (χ4v) is 3.84. The van der Waals surface area contributed by atoms with E-state index in [0.717, 1.165) is 27.7 Å². The van der Waals surface area contributed by atoms with Gasteiger partial charge in [-0.1, -0.05) is 4.99 Å². The zero-order valence-electron chi connectivity index (χ0n) is 17.0. The van der Waals surface area contributed by atoms with Crippen molar-refractivity contribution in [3.05, 3.63) is 35.7 Å². The number of hydrogen-bond donors (Lipinski definition) is 0. The standard InChI is InChI=1S/C20H22N5O4/c1-11(26)10-23-18(27)16-17(22(4)20(23)28)21-19-24(12(2)13(3)25(16)19)14-6-8-15(29-5)9-7-14/h6-9,16H,10H2,1-5H3/q+1. The number of ketones is 1. The van der Waals surface area contributed by atoms with Crippen molar-refractivity contribution in [2.24, 2.45) is 4.99 Å². The Morgan fingerprint density at radius 2 is 1.86 bits per heavy atom. The van der Waals surface area contributed by atoms with Crippen LogP contribution in [0.15, 0.2) is 29.3 Å². The van der Waals surface area contributed by atoms with E-state index in [-0.39, 0.29) is 12.3 Å². The van der Waals surface area contributed by atoms with Crippen LogP contribution in [0.1, 0.15) is 24.4 Å². The Labute approximate surface area is 167 Å². The summed E-state index contributed by atoms with van der Waals surface area (Å²) in [7, 11) is 3.18. The number of rotatable bonds is 4. The molecule has 4 rings (SSSR count). The molecule has 0 N–H and O–H groups in total. The van der Waals surface area contributed by atoms with Crippen molar-refractivity contribution in [3.63, 3.8) is 0 Å². The van der Waals surface area contributed by atoms with Gasteiger partial charge in [0.15, 0.2) is 0 Å². The lowest BCUT2D eigenvalue weighted by Crippen LogP contribution is -2.63. The van der Waals surface area contributed by atoms with Gasteiger partial charge in [-0.15, -0.1) is 0 Å². The number of methoxy groups -OCH3 is 1. The van der Waals surface area contributed by atoms with Crippen LogP contribution < -0.4 is 9.30 Å². The molecule has 2 aliphatic rings. The molecule has 9 heteroatoms. The molecule has 0 saturated carbocycles. The highest BCUT2D eigenvalue weighted by Crippen LogP contribution is 2.33. The van der Waals surface area contributed by atoms with E-state index in [4.69, 9.17) is 4.74 Å². The van der Waals surface area contributed by atoms with Gasteiger partial charge in [-0.2, -0.15) is 4.57 Å². The first-order valence-corrected chi connectivity index (χ1v) is 9.21. The van der Waals surface area contributed by atoms with Crippen LogP contribution in [0.25, 0.3) is 5.69 Å². The molecule has 1 aromatic carbocycles. The number of aromatic nitrogens is 2. The van der Waals surface area contributed by atoms with Crippen molar-refractivity contribution in [1.29, 1.82) is 0 Å². The summed E-state index contributed by atoms with van der Waals surface area (Å²) in [6.07, 6.45) is 0. The molecular weight excluding hydrogens is 374 g/mol. The third-order valence-electron chi connectivity index (χ3n) is 5.43. The van der Waals surface area contributed by atoms with Gasteiger partial charge in [0.2, 0.25) is 11.9 Å². The molecule has 0 aliphatic carbocycles. The predicted molar refractivity (Wildman–Crippen MR) is 104 cm³/mol. The Morgan fingerprint density at radius 1 is 1.21 bits per heavy atom. The Balaban J connectivity index is 1.87. The molecule has 0 spiro atoms. The fourth-order valence-electron chi connectivity index (χ4n) is 3.84. The largest absolute Gasteiger partial charge is 0.497 e. The number of fused-ring (bicyclic) bond motifs is 3. The highest BCUT2D eigenvalue weighted by Gasteiger charge is 2.54. The minimum Gasteiger partial charge on any atom is -0.497 e. The second kappa shape index (κ2) is 6.54. The summed E-state index contributed by atoms with van der Waals surface area (Å²) in [4.78, 5) is 44.4. The molecule has 1 saturated heterocycles. The van der Waals surface area contributed by atoms with Crippen LogP contribution in [-0.2, 0) is 9.59 Å². The smallest absolute Gasteiger partial charge is 0.407 e. The number of aliphatic imine (C=N–C) groups is 1. The summed E-state index contributed by atoms with van der Waals surface area (Å²) in [6.45, 7) is 4.97. The van der Waals surface area contributed by atoms with Crippen LogP contribution in [0.5, 0.6) is 5.75 Å². The quantitative estimate of drug-likeness (QED) is 0.732. The van der Waals surface area contributed by atoms with E-state index in [9.17, 15) is 14.4 Å². The number of imidazole rings is 1. The van der Waals surface area contributed by atoms with Crippen molar-refractivity contribution < 1.29 is 23.7 Å². The molecule has 1 aromatic heterocycles. The Morgan fingerprint density at radius 3 is 2.45 bits per heavy atom. The van der Waals surface area contributed by atoms with Gasteiger partial charge in [-0.3, -0.25) is 19.4 Å². The number of amides is 3. The average molecular weight is 396 g/mol. The third-order valence-corrected chi connectivity index (χ3v) is 5.43. The molecule has 1 atom stereocenters. The Kier molecular flexibility index (Phi) is 4.25. The Hall–Kier alpha value is -3.49. The van der Waals surface area contributed by atoms with E-state index < -0.39 is 18.0 Å². The molecule has 1 unspecified atom stereocenters. The lowest BCUT2D eigenvalue weighted by molar-refractivity contribution is -0.682. The maximum absolute atomic E-state index is 13.2. The van der Waals surface area contributed by atoms with Crippen LogP contribution in [0.3, 0.4) is 0 Å². The van der Waals surface area contributed by atoms with E-state index in [1.54, 1.807) is 14.2 Å². The van der Waals surface area contributed by atoms with Gasteiger partial charge in [0.1, 0.15) is 28.6 Å². The number of urea groups is 1. The van der Waals surface area contributed by atoms with Crippen molar-refractivity contribution in [2.75, 3.05) is 20.7 Å². The number of ether oxygens (including phenoxy) is 1. The average Bonchev–Trinajstić information content (AvgIpc) is 3.19. The maximum atomic E-state index is 13.2.